The van der Waals surface area contributed by atoms with Crippen molar-refractivity contribution in [3.8, 4) is 6.07 Å². The topological polar surface area (TPSA) is 47.3 Å². The first-order valence-electron chi connectivity index (χ1n) is 6.79. The van der Waals surface area contributed by atoms with Crippen molar-refractivity contribution in [2.75, 3.05) is 11.4 Å². The van der Waals surface area contributed by atoms with Crippen molar-refractivity contribution in [3.05, 3.63) is 65.2 Å². The molecule has 0 saturated heterocycles. The lowest BCUT2D eigenvalue weighted by Crippen LogP contribution is -2.30. The summed E-state index contributed by atoms with van der Waals surface area (Å²) < 4.78 is 0. The minimum atomic E-state index is -0.381. The normalized spacial score (nSPS) is 17.4. The van der Waals surface area contributed by atoms with Crippen LogP contribution in [0.4, 0.5) is 5.69 Å². The van der Waals surface area contributed by atoms with Gasteiger partial charge in [-0.25, -0.2) is 0 Å². The van der Waals surface area contributed by atoms with Crippen LogP contribution in [0.1, 0.15) is 29.2 Å². The SMILES string of the molecule is N#Cc1ccccc1CN1CCC(O)c2ccccc21. The van der Waals surface area contributed by atoms with E-state index in [1.165, 1.54) is 0 Å². The summed E-state index contributed by atoms with van der Waals surface area (Å²) in [5.74, 6) is 0. The number of nitriles is 1. The maximum atomic E-state index is 10.1. The number of anilines is 1. The van der Waals surface area contributed by atoms with Gasteiger partial charge >= 0.3 is 0 Å². The van der Waals surface area contributed by atoms with Crippen molar-refractivity contribution in [2.24, 2.45) is 0 Å². The van der Waals surface area contributed by atoms with Gasteiger partial charge < -0.3 is 10.0 Å². The summed E-state index contributed by atoms with van der Waals surface area (Å²) in [6.07, 6.45) is 0.347. The molecule has 100 valence electrons. The zero-order valence-corrected chi connectivity index (χ0v) is 11.2. The van der Waals surface area contributed by atoms with Gasteiger partial charge in [-0.05, 0) is 24.1 Å². The van der Waals surface area contributed by atoms with E-state index in [2.05, 4.69) is 11.0 Å². The Labute approximate surface area is 118 Å². The molecule has 3 heteroatoms. The van der Waals surface area contributed by atoms with Crippen LogP contribution in [0.5, 0.6) is 0 Å². The Morgan fingerprint density at radius 3 is 2.75 bits per heavy atom. The van der Waals surface area contributed by atoms with Crippen LogP contribution < -0.4 is 4.90 Å². The van der Waals surface area contributed by atoms with Crippen molar-refractivity contribution in [1.29, 1.82) is 5.26 Å². The molecule has 1 unspecified atom stereocenters. The Hall–Kier alpha value is -2.31. The predicted octanol–water partition coefficient (Wildman–Crippen LogP) is 3.00. The highest BCUT2D eigenvalue weighted by Gasteiger charge is 2.23. The Kier molecular flexibility index (Phi) is 3.41. The minimum absolute atomic E-state index is 0.381. The number of rotatable bonds is 2. The van der Waals surface area contributed by atoms with Crippen LogP contribution in [0.2, 0.25) is 0 Å². The Morgan fingerprint density at radius 1 is 1.15 bits per heavy atom. The van der Waals surface area contributed by atoms with Crippen molar-refractivity contribution < 1.29 is 5.11 Å². The highest BCUT2D eigenvalue weighted by molar-refractivity contribution is 5.57. The molecule has 20 heavy (non-hydrogen) atoms. The monoisotopic (exact) mass is 264 g/mol. The summed E-state index contributed by atoms with van der Waals surface area (Å²) in [4.78, 5) is 2.23. The van der Waals surface area contributed by atoms with Gasteiger partial charge in [0.1, 0.15) is 0 Å². The van der Waals surface area contributed by atoms with Crippen LogP contribution >= 0.6 is 0 Å². The van der Waals surface area contributed by atoms with Gasteiger partial charge in [-0.2, -0.15) is 5.26 Å². The molecule has 0 aromatic heterocycles. The summed E-state index contributed by atoms with van der Waals surface area (Å²) in [7, 11) is 0. The molecule has 0 amide bonds. The molecular formula is C17H16N2O. The molecule has 0 saturated carbocycles. The maximum absolute atomic E-state index is 10.1. The van der Waals surface area contributed by atoms with Crippen molar-refractivity contribution >= 4 is 5.69 Å². The third-order valence-corrected chi connectivity index (χ3v) is 3.81. The van der Waals surface area contributed by atoms with Gasteiger partial charge in [0.25, 0.3) is 0 Å². The largest absolute Gasteiger partial charge is 0.388 e. The summed E-state index contributed by atoms with van der Waals surface area (Å²) in [5.41, 5.74) is 3.80. The van der Waals surface area contributed by atoms with E-state index in [9.17, 15) is 10.4 Å². The van der Waals surface area contributed by atoms with Crippen LogP contribution in [-0.2, 0) is 6.54 Å². The second kappa shape index (κ2) is 5.36. The lowest BCUT2D eigenvalue weighted by atomic mass is 9.98. The van der Waals surface area contributed by atoms with E-state index in [0.717, 1.165) is 35.3 Å². The molecule has 1 aliphatic heterocycles. The summed E-state index contributed by atoms with van der Waals surface area (Å²) >= 11 is 0. The van der Waals surface area contributed by atoms with Gasteiger partial charge in [0.15, 0.2) is 0 Å². The molecular weight excluding hydrogens is 248 g/mol. The number of hydrogen-bond acceptors (Lipinski definition) is 3. The lowest BCUT2D eigenvalue weighted by Gasteiger charge is -2.34. The number of aliphatic hydroxyl groups excluding tert-OH is 1. The molecule has 2 aromatic rings. The molecule has 0 radical (unpaired) electrons. The van der Waals surface area contributed by atoms with Gasteiger partial charge in [-0.3, -0.25) is 0 Å². The smallest absolute Gasteiger partial charge is 0.0995 e. The number of nitrogens with zero attached hydrogens (tertiary/aromatic N) is 2. The van der Waals surface area contributed by atoms with E-state index in [1.807, 2.05) is 48.5 Å². The van der Waals surface area contributed by atoms with E-state index < -0.39 is 0 Å². The van der Waals surface area contributed by atoms with Crippen LogP contribution in [-0.4, -0.2) is 11.7 Å². The molecule has 0 spiro atoms. The van der Waals surface area contributed by atoms with Crippen molar-refractivity contribution in [3.63, 3.8) is 0 Å². The van der Waals surface area contributed by atoms with Crippen LogP contribution in [0.3, 0.4) is 0 Å². The minimum Gasteiger partial charge on any atom is -0.388 e. The van der Waals surface area contributed by atoms with Crippen LogP contribution in [0.15, 0.2) is 48.5 Å². The molecule has 3 nitrogen and oxygen atoms in total. The highest BCUT2D eigenvalue weighted by atomic mass is 16.3. The van der Waals surface area contributed by atoms with E-state index in [1.54, 1.807) is 0 Å². The first-order valence-corrected chi connectivity index (χ1v) is 6.79. The van der Waals surface area contributed by atoms with Gasteiger partial charge in [-0.15, -0.1) is 0 Å². The first kappa shape index (κ1) is 12.7. The highest BCUT2D eigenvalue weighted by Crippen LogP contribution is 2.34. The molecule has 3 rings (SSSR count). The molecule has 0 aliphatic carbocycles. The standard InChI is InChI=1S/C17H16N2O/c18-11-13-5-1-2-6-14(13)12-19-10-9-17(20)15-7-3-4-8-16(15)19/h1-8,17,20H,9-10,12H2. The fourth-order valence-electron chi connectivity index (χ4n) is 2.75. The molecule has 0 fully saturated rings. The molecule has 1 heterocycles. The molecule has 0 bridgehead atoms. The fourth-order valence-corrected chi connectivity index (χ4v) is 2.75. The van der Waals surface area contributed by atoms with Crippen molar-refractivity contribution in [1.82, 2.24) is 0 Å². The number of fused-ring (bicyclic) bond motifs is 1. The lowest BCUT2D eigenvalue weighted by molar-refractivity contribution is 0.164. The zero-order valence-electron chi connectivity index (χ0n) is 11.2. The average molecular weight is 264 g/mol. The van der Waals surface area contributed by atoms with Gasteiger partial charge in [0.2, 0.25) is 0 Å². The number of hydrogen-bond donors (Lipinski definition) is 1. The number of benzene rings is 2. The van der Waals surface area contributed by atoms with Gasteiger partial charge in [-0.1, -0.05) is 36.4 Å². The summed E-state index contributed by atoms with van der Waals surface area (Å²) in [5, 5.41) is 19.2. The second-order valence-electron chi connectivity index (χ2n) is 5.05. The average Bonchev–Trinajstić information content (AvgIpc) is 2.51. The first-order chi connectivity index (χ1) is 9.79. The summed E-state index contributed by atoms with van der Waals surface area (Å²) in [6.45, 7) is 1.51. The fraction of sp³-hybridized carbons (Fsp3) is 0.235. The molecule has 1 aliphatic rings. The molecule has 2 aromatic carbocycles. The Bertz CT molecular complexity index is 660. The Morgan fingerprint density at radius 2 is 1.90 bits per heavy atom. The van der Waals surface area contributed by atoms with Crippen LogP contribution in [0, 0.1) is 11.3 Å². The maximum Gasteiger partial charge on any atom is 0.0995 e. The quantitative estimate of drug-likeness (QED) is 0.907. The van der Waals surface area contributed by atoms with E-state index >= 15 is 0 Å². The van der Waals surface area contributed by atoms with Gasteiger partial charge in [0.05, 0.1) is 17.7 Å². The second-order valence-corrected chi connectivity index (χ2v) is 5.05. The van der Waals surface area contributed by atoms with Crippen molar-refractivity contribution in [2.45, 2.75) is 19.1 Å². The number of para-hydroxylation sites is 1. The van der Waals surface area contributed by atoms with E-state index in [-0.39, 0.29) is 6.10 Å². The predicted molar refractivity (Wildman–Crippen MR) is 78.2 cm³/mol. The summed E-state index contributed by atoms with van der Waals surface area (Å²) in [6, 6.07) is 17.9. The third-order valence-electron chi connectivity index (χ3n) is 3.81. The third kappa shape index (κ3) is 2.26. The molecule has 1 atom stereocenters. The van der Waals surface area contributed by atoms with E-state index in [4.69, 9.17) is 0 Å². The zero-order chi connectivity index (χ0) is 13.9. The Balaban J connectivity index is 1.93. The van der Waals surface area contributed by atoms with E-state index in [0.29, 0.717) is 6.54 Å². The number of aliphatic hydroxyl groups is 1. The van der Waals surface area contributed by atoms with Crippen LogP contribution in [0.25, 0.3) is 0 Å². The van der Waals surface area contributed by atoms with Gasteiger partial charge in [0, 0.05) is 24.3 Å². The molecule has 1 N–H and O–H groups in total.